The smallest absolute Gasteiger partial charge is 0.159 e. The number of aliphatic hydroxyl groups is 1. The molecule has 20 heavy (non-hydrogen) atoms. The van der Waals surface area contributed by atoms with E-state index in [-0.39, 0.29) is 11.3 Å². The van der Waals surface area contributed by atoms with Crippen molar-refractivity contribution in [3.8, 4) is 5.75 Å². The highest BCUT2D eigenvalue weighted by molar-refractivity contribution is 5.36. The van der Waals surface area contributed by atoms with Gasteiger partial charge in [-0.2, -0.15) is 0 Å². The maximum atomic E-state index is 13.8. The molecule has 6 heteroatoms. The zero-order chi connectivity index (χ0) is 14.9. The number of hydrogen-bond donors (Lipinski definition) is 1. The fraction of sp³-hybridized carbons (Fsp3) is 0.143. The number of methoxy groups -OCH3 is 1. The minimum Gasteiger partial charge on any atom is -0.497 e. The molecule has 0 aliphatic rings. The van der Waals surface area contributed by atoms with Gasteiger partial charge >= 0.3 is 0 Å². The lowest BCUT2D eigenvalue weighted by atomic mass is 10.00. The molecule has 0 aliphatic heterocycles. The summed E-state index contributed by atoms with van der Waals surface area (Å²) in [5.74, 6) is -4.47. The third kappa shape index (κ3) is 2.60. The Morgan fingerprint density at radius 3 is 2.00 bits per heavy atom. The maximum absolute atomic E-state index is 13.8. The molecule has 2 aromatic rings. The van der Waals surface area contributed by atoms with Gasteiger partial charge in [0.25, 0.3) is 0 Å². The second-order valence-corrected chi connectivity index (χ2v) is 4.08. The normalized spacial score (nSPS) is 12.3. The standard InChI is InChI=1S/C14H10F4O2/c1-20-8-5-11(17)13(12(18)6-8)14(19)7-2-3-9(15)10(16)4-7/h2-6,14,19H,1H3. The van der Waals surface area contributed by atoms with Crippen LogP contribution in [0.4, 0.5) is 17.6 Å². The Morgan fingerprint density at radius 1 is 0.900 bits per heavy atom. The summed E-state index contributed by atoms with van der Waals surface area (Å²) < 4.78 is 58.1. The van der Waals surface area contributed by atoms with E-state index in [0.29, 0.717) is 6.07 Å². The Kier molecular flexibility index (Phi) is 3.94. The van der Waals surface area contributed by atoms with E-state index in [9.17, 15) is 22.7 Å². The van der Waals surface area contributed by atoms with E-state index in [1.807, 2.05) is 0 Å². The molecule has 0 heterocycles. The van der Waals surface area contributed by atoms with E-state index in [4.69, 9.17) is 0 Å². The average Bonchev–Trinajstić information content (AvgIpc) is 2.40. The second-order valence-electron chi connectivity index (χ2n) is 4.08. The molecule has 0 saturated carbocycles. The van der Waals surface area contributed by atoms with E-state index < -0.39 is 34.9 Å². The SMILES string of the molecule is COc1cc(F)c(C(O)c2ccc(F)c(F)c2)c(F)c1. The van der Waals surface area contributed by atoms with Crippen LogP contribution in [-0.4, -0.2) is 12.2 Å². The Hall–Kier alpha value is -2.08. The first-order valence-electron chi connectivity index (χ1n) is 5.60. The first kappa shape index (κ1) is 14.3. The third-order valence-corrected chi connectivity index (χ3v) is 2.82. The molecule has 1 atom stereocenters. The van der Waals surface area contributed by atoms with Crippen LogP contribution < -0.4 is 4.74 Å². The third-order valence-electron chi connectivity index (χ3n) is 2.82. The number of halogens is 4. The van der Waals surface area contributed by atoms with Crippen LogP contribution in [0.5, 0.6) is 5.75 Å². The Balaban J connectivity index is 2.47. The first-order valence-corrected chi connectivity index (χ1v) is 5.60. The minimum atomic E-state index is -1.75. The molecule has 0 fully saturated rings. The van der Waals surface area contributed by atoms with Crippen LogP contribution in [0.3, 0.4) is 0 Å². The van der Waals surface area contributed by atoms with Gasteiger partial charge in [0, 0.05) is 12.1 Å². The van der Waals surface area contributed by atoms with Gasteiger partial charge in [0.2, 0.25) is 0 Å². The monoisotopic (exact) mass is 286 g/mol. The van der Waals surface area contributed by atoms with Crippen LogP contribution >= 0.6 is 0 Å². The molecule has 1 N–H and O–H groups in total. The molecule has 2 aromatic carbocycles. The van der Waals surface area contributed by atoms with Crippen molar-refractivity contribution in [2.24, 2.45) is 0 Å². The van der Waals surface area contributed by atoms with Gasteiger partial charge in [-0.25, -0.2) is 17.6 Å². The van der Waals surface area contributed by atoms with Crippen LogP contribution in [-0.2, 0) is 0 Å². The summed E-state index contributed by atoms with van der Waals surface area (Å²) >= 11 is 0. The predicted molar refractivity (Wildman–Crippen MR) is 63.3 cm³/mol. The lowest BCUT2D eigenvalue weighted by Crippen LogP contribution is -2.07. The van der Waals surface area contributed by atoms with Crippen molar-refractivity contribution in [2.45, 2.75) is 6.10 Å². The summed E-state index contributed by atoms with van der Waals surface area (Å²) in [7, 11) is 1.24. The van der Waals surface area contributed by atoms with E-state index in [0.717, 1.165) is 24.3 Å². The summed E-state index contributed by atoms with van der Waals surface area (Å²) in [5.41, 5.74) is -0.816. The molecule has 0 bridgehead atoms. The highest BCUT2D eigenvalue weighted by Gasteiger charge is 2.22. The minimum absolute atomic E-state index is 0.0544. The van der Waals surface area contributed by atoms with Gasteiger partial charge in [-0.05, 0) is 17.7 Å². The van der Waals surface area contributed by atoms with Gasteiger partial charge in [0.1, 0.15) is 23.5 Å². The van der Waals surface area contributed by atoms with E-state index in [1.165, 1.54) is 7.11 Å². The van der Waals surface area contributed by atoms with Gasteiger partial charge < -0.3 is 9.84 Å². The molecule has 106 valence electrons. The summed E-state index contributed by atoms with van der Waals surface area (Å²) in [6, 6.07) is 4.28. The van der Waals surface area contributed by atoms with Crippen LogP contribution in [0, 0.1) is 23.3 Å². The predicted octanol–water partition coefficient (Wildman–Crippen LogP) is 3.33. The number of aliphatic hydroxyl groups excluding tert-OH is 1. The number of hydrogen-bond acceptors (Lipinski definition) is 2. The Bertz CT molecular complexity index is 620. The molecular formula is C14H10F4O2. The fourth-order valence-electron chi connectivity index (χ4n) is 1.79. The van der Waals surface area contributed by atoms with E-state index in [2.05, 4.69) is 4.74 Å². The van der Waals surface area contributed by atoms with Crippen molar-refractivity contribution in [1.82, 2.24) is 0 Å². The van der Waals surface area contributed by atoms with Crippen molar-refractivity contribution >= 4 is 0 Å². The molecule has 0 radical (unpaired) electrons. The quantitative estimate of drug-likeness (QED) is 0.877. The van der Waals surface area contributed by atoms with Gasteiger partial charge in [0.05, 0.1) is 12.7 Å². The molecule has 0 aromatic heterocycles. The summed E-state index contributed by atoms with van der Waals surface area (Å²) in [4.78, 5) is 0. The number of benzene rings is 2. The largest absolute Gasteiger partial charge is 0.497 e. The summed E-state index contributed by atoms with van der Waals surface area (Å²) in [6.45, 7) is 0. The topological polar surface area (TPSA) is 29.5 Å². The average molecular weight is 286 g/mol. The molecule has 2 nitrogen and oxygen atoms in total. The van der Waals surface area contributed by atoms with Crippen LogP contribution in [0.25, 0.3) is 0 Å². The molecule has 1 unspecified atom stereocenters. The number of rotatable bonds is 3. The molecule has 2 rings (SSSR count). The molecule has 0 amide bonds. The van der Waals surface area contributed by atoms with Crippen LogP contribution in [0.1, 0.15) is 17.2 Å². The lowest BCUT2D eigenvalue weighted by Gasteiger charge is -2.14. The zero-order valence-corrected chi connectivity index (χ0v) is 10.3. The Morgan fingerprint density at radius 2 is 1.50 bits per heavy atom. The molecule has 0 saturated heterocycles. The number of ether oxygens (including phenoxy) is 1. The van der Waals surface area contributed by atoms with Crippen molar-refractivity contribution in [2.75, 3.05) is 7.11 Å². The van der Waals surface area contributed by atoms with Crippen molar-refractivity contribution in [3.05, 3.63) is 64.7 Å². The van der Waals surface area contributed by atoms with Crippen LogP contribution in [0.15, 0.2) is 30.3 Å². The maximum Gasteiger partial charge on any atom is 0.159 e. The highest BCUT2D eigenvalue weighted by atomic mass is 19.2. The zero-order valence-electron chi connectivity index (χ0n) is 10.3. The second kappa shape index (κ2) is 5.50. The molecule has 0 aliphatic carbocycles. The summed E-state index contributed by atoms with van der Waals surface area (Å²) in [6.07, 6.45) is -1.75. The highest BCUT2D eigenvalue weighted by Crippen LogP contribution is 2.30. The summed E-state index contributed by atoms with van der Waals surface area (Å²) in [5, 5.41) is 9.92. The van der Waals surface area contributed by atoms with E-state index in [1.54, 1.807) is 0 Å². The molecule has 0 spiro atoms. The van der Waals surface area contributed by atoms with Crippen molar-refractivity contribution < 1.29 is 27.4 Å². The van der Waals surface area contributed by atoms with Gasteiger partial charge in [-0.15, -0.1) is 0 Å². The fourth-order valence-corrected chi connectivity index (χ4v) is 1.79. The Labute approximate surface area is 112 Å². The van der Waals surface area contributed by atoms with Gasteiger partial charge in [-0.3, -0.25) is 0 Å². The first-order chi connectivity index (χ1) is 9.43. The lowest BCUT2D eigenvalue weighted by molar-refractivity contribution is 0.208. The van der Waals surface area contributed by atoms with Crippen LogP contribution in [0.2, 0.25) is 0 Å². The van der Waals surface area contributed by atoms with Crippen molar-refractivity contribution in [1.29, 1.82) is 0 Å². The van der Waals surface area contributed by atoms with Gasteiger partial charge in [-0.1, -0.05) is 6.07 Å². The van der Waals surface area contributed by atoms with Crippen molar-refractivity contribution in [3.63, 3.8) is 0 Å². The molecular weight excluding hydrogens is 276 g/mol. The van der Waals surface area contributed by atoms with Gasteiger partial charge in [0.15, 0.2) is 11.6 Å². The van der Waals surface area contributed by atoms with E-state index >= 15 is 0 Å².